The summed E-state index contributed by atoms with van der Waals surface area (Å²) < 4.78 is 27.7. The summed E-state index contributed by atoms with van der Waals surface area (Å²) in [6.45, 7) is 3.67. The second-order valence-electron chi connectivity index (χ2n) is 11.1. The van der Waals surface area contributed by atoms with E-state index in [0.717, 1.165) is 52.2 Å². The number of nitrogens with one attached hydrogen (secondary N) is 1. The zero-order valence-electron chi connectivity index (χ0n) is 24.3. The number of benzene rings is 3. The summed E-state index contributed by atoms with van der Waals surface area (Å²) >= 11 is 0. The SMILES string of the molecule is Cc1ccc(S(=O)(=O)N(C)CC(=O)N(Cc2cccc(C)c2)[C@H](Cc2ccccc2)C(=O)NC2CCCCC2)cc1. The van der Waals surface area contributed by atoms with Crippen molar-refractivity contribution < 1.29 is 18.0 Å². The van der Waals surface area contributed by atoms with Gasteiger partial charge in [0.25, 0.3) is 0 Å². The molecule has 8 heteroatoms. The van der Waals surface area contributed by atoms with E-state index in [1.165, 1.54) is 13.5 Å². The Hall–Kier alpha value is -3.49. The molecule has 4 rings (SSSR count). The van der Waals surface area contributed by atoms with E-state index in [-0.39, 0.29) is 29.9 Å². The summed E-state index contributed by atoms with van der Waals surface area (Å²) in [6, 6.07) is 23.3. The summed E-state index contributed by atoms with van der Waals surface area (Å²) in [5.74, 6) is -0.629. The topological polar surface area (TPSA) is 86.8 Å². The molecule has 0 bridgehead atoms. The second-order valence-corrected chi connectivity index (χ2v) is 13.2. The van der Waals surface area contributed by atoms with E-state index in [1.807, 2.05) is 68.4 Å². The summed E-state index contributed by atoms with van der Waals surface area (Å²) in [6.07, 6.45) is 5.48. The van der Waals surface area contributed by atoms with Gasteiger partial charge in [0.2, 0.25) is 21.8 Å². The van der Waals surface area contributed by atoms with E-state index in [9.17, 15) is 18.0 Å². The fraction of sp³-hybridized carbons (Fsp3) is 0.394. The molecule has 0 aliphatic heterocycles. The Kier molecular flexibility index (Phi) is 10.3. The Labute approximate surface area is 244 Å². The van der Waals surface area contributed by atoms with E-state index >= 15 is 0 Å². The molecule has 1 atom stereocenters. The predicted molar refractivity (Wildman–Crippen MR) is 162 cm³/mol. The summed E-state index contributed by atoms with van der Waals surface area (Å²) in [7, 11) is -2.50. The largest absolute Gasteiger partial charge is 0.352 e. The number of sulfonamides is 1. The van der Waals surface area contributed by atoms with Crippen molar-refractivity contribution in [3.8, 4) is 0 Å². The van der Waals surface area contributed by atoms with Gasteiger partial charge in [0, 0.05) is 26.1 Å². The van der Waals surface area contributed by atoms with Gasteiger partial charge >= 0.3 is 0 Å². The summed E-state index contributed by atoms with van der Waals surface area (Å²) in [5, 5.41) is 3.22. The molecule has 1 aliphatic carbocycles. The van der Waals surface area contributed by atoms with E-state index in [2.05, 4.69) is 5.32 Å². The first-order valence-corrected chi connectivity index (χ1v) is 15.8. The van der Waals surface area contributed by atoms with Crippen molar-refractivity contribution in [2.75, 3.05) is 13.6 Å². The van der Waals surface area contributed by atoms with Crippen LogP contribution in [0, 0.1) is 13.8 Å². The molecule has 2 amide bonds. The van der Waals surface area contributed by atoms with Gasteiger partial charge in [-0.25, -0.2) is 8.42 Å². The molecule has 3 aromatic rings. The van der Waals surface area contributed by atoms with Gasteiger partial charge in [-0.3, -0.25) is 9.59 Å². The lowest BCUT2D eigenvalue weighted by molar-refractivity contribution is -0.141. The zero-order chi connectivity index (χ0) is 29.4. The lowest BCUT2D eigenvalue weighted by Gasteiger charge is -2.34. The van der Waals surface area contributed by atoms with Gasteiger partial charge in [-0.05, 0) is 49.9 Å². The Morgan fingerprint density at radius 3 is 2.17 bits per heavy atom. The molecule has 1 saturated carbocycles. The lowest BCUT2D eigenvalue weighted by Crippen LogP contribution is -2.54. The fourth-order valence-electron chi connectivity index (χ4n) is 5.36. The molecule has 1 fully saturated rings. The van der Waals surface area contributed by atoms with Gasteiger partial charge in [-0.1, -0.05) is 97.1 Å². The first-order chi connectivity index (χ1) is 19.6. The van der Waals surface area contributed by atoms with Crippen LogP contribution >= 0.6 is 0 Å². The van der Waals surface area contributed by atoms with Crippen molar-refractivity contribution in [3.63, 3.8) is 0 Å². The number of likely N-dealkylation sites (N-methyl/N-ethyl adjacent to an activating group) is 1. The molecule has 0 aromatic heterocycles. The molecule has 0 radical (unpaired) electrons. The van der Waals surface area contributed by atoms with Crippen LogP contribution in [0.4, 0.5) is 0 Å². The monoisotopic (exact) mass is 575 g/mol. The summed E-state index contributed by atoms with van der Waals surface area (Å²) in [5.41, 5.74) is 3.80. The number of aryl methyl sites for hydroxylation is 2. The highest BCUT2D eigenvalue weighted by molar-refractivity contribution is 7.89. The maximum atomic E-state index is 14.0. The van der Waals surface area contributed by atoms with Gasteiger partial charge in [-0.2, -0.15) is 4.31 Å². The highest BCUT2D eigenvalue weighted by Gasteiger charge is 2.34. The Balaban J connectivity index is 1.66. The highest BCUT2D eigenvalue weighted by atomic mass is 32.2. The van der Waals surface area contributed by atoms with Gasteiger partial charge in [-0.15, -0.1) is 0 Å². The fourth-order valence-corrected chi connectivity index (χ4v) is 6.48. The van der Waals surface area contributed by atoms with Gasteiger partial charge in [0.1, 0.15) is 6.04 Å². The van der Waals surface area contributed by atoms with Crippen molar-refractivity contribution in [1.82, 2.24) is 14.5 Å². The van der Waals surface area contributed by atoms with E-state index in [4.69, 9.17) is 0 Å². The van der Waals surface area contributed by atoms with Crippen LogP contribution in [0.25, 0.3) is 0 Å². The van der Waals surface area contributed by atoms with Crippen molar-refractivity contribution in [1.29, 1.82) is 0 Å². The van der Waals surface area contributed by atoms with Crippen LogP contribution in [0.3, 0.4) is 0 Å². The standard InChI is InChI=1S/C33H41N3O4S/c1-25-17-19-30(20-18-25)41(39,40)35(3)24-32(37)36(23-28-14-10-11-26(2)21-28)31(22-27-12-6-4-7-13-27)33(38)34-29-15-8-5-9-16-29/h4,6-7,10-14,17-21,29,31H,5,8-9,15-16,22-24H2,1-3H3,(H,34,38)/t31-/m1/s1. The molecular weight excluding hydrogens is 534 g/mol. The maximum Gasteiger partial charge on any atom is 0.243 e. The molecule has 41 heavy (non-hydrogen) atoms. The first kappa shape index (κ1) is 30.5. The van der Waals surface area contributed by atoms with Crippen LogP contribution in [-0.4, -0.2) is 55.1 Å². The molecule has 0 saturated heterocycles. The molecule has 218 valence electrons. The molecule has 1 aliphatic rings. The van der Waals surface area contributed by atoms with Crippen LogP contribution in [-0.2, 0) is 32.6 Å². The second kappa shape index (κ2) is 13.9. The maximum absolute atomic E-state index is 14.0. The Morgan fingerprint density at radius 1 is 0.854 bits per heavy atom. The molecular formula is C33H41N3O4S. The van der Waals surface area contributed by atoms with E-state index in [0.29, 0.717) is 6.42 Å². The van der Waals surface area contributed by atoms with E-state index < -0.39 is 22.0 Å². The zero-order valence-corrected chi connectivity index (χ0v) is 25.1. The van der Waals surface area contributed by atoms with Crippen molar-refractivity contribution in [2.45, 2.75) is 75.9 Å². The van der Waals surface area contributed by atoms with Crippen molar-refractivity contribution in [3.05, 3.63) is 101 Å². The Morgan fingerprint density at radius 2 is 1.51 bits per heavy atom. The lowest BCUT2D eigenvalue weighted by atomic mass is 9.94. The first-order valence-electron chi connectivity index (χ1n) is 14.4. The minimum absolute atomic E-state index is 0.0787. The number of amides is 2. The minimum Gasteiger partial charge on any atom is -0.352 e. The smallest absolute Gasteiger partial charge is 0.243 e. The van der Waals surface area contributed by atoms with Crippen molar-refractivity contribution in [2.24, 2.45) is 0 Å². The third kappa shape index (κ3) is 8.27. The minimum atomic E-state index is -3.91. The van der Waals surface area contributed by atoms with Gasteiger partial charge in [0.15, 0.2) is 0 Å². The Bertz CT molecular complexity index is 1420. The molecule has 1 N–H and O–H groups in total. The predicted octanol–water partition coefficient (Wildman–Crippen LogP) is 5.01. The molecule has 0 spiro atoms. The normalized spacial score (nSPS) is 14.9. The van der Waals surface area contributed by atoms with Crippen LogP contribution in [0.5, 0.6) is 0 Å². The average molecular weight is 576 g/mol. The molecule has 0 heterocycles. The van der Waals surface area contributed by atoms with E-state index in [1.54, 1.807) is 29.2 Å². The van der Waals surface area contributed by atoms with Crippen LogP contribution in [0.15, 0.2) is 83.8 Å². The third-order valence-electron chi connectivity index (χ3n) is 7.75. The number of hydrogen-bond acceptors (Lipinski definition) is 4. The van der Waals surface area contributed by atoms with Gasteiger partial charge < -0.3 is 10.2 Å². The van der Waals surface area contributed by atoms with Gasteiger partial charge in [0.05, 0.1) is 11.4 Å². The number of carbonyl (C=O) groups is 2. The molecule has 0 unspecified atom stereocenters. The number of hydrogen-bond donors (Lipinski definition) is 1. The number of rotatable bonds is 11. The quantitative estimate of drug-likeness (QED) is 0.348. The molecule has 7 nitrogen and oxygen atoms in total. The summed E-state index contributed by atoms with van der Waals surface area (Å²) in [4.78, 5) is 29.6. The number of nitrogens with zero attached hydrogens (tertiary/aromatic N) is 2. The average Bonchev–Trinajstić information content (AvgIpc) is 2.96. The molecule has 3 aromatic carbocycles. The van der Waals surface area contributed by atoms with Crippen LogP contribution < -0.4 is 5.32 Å². The third-order valence-corrected chi connectivity index (χ3v) is 9.56. The van der Waals surface area contributed by atoms with Crippen LogP contribution in [0.2, 0.25) is 0 Å². The van der Waals surface area contributed by atoms with Crippen LogP contribution in [0.1, 0.15) is 54.4 Å². The highest BCUT2D eigenvalue weighted by Crippen LogP contribution is 2.21. The van der Waals surface area contributed by atoms with Crippen molar-refractivity contribution >= 4 is 21.8 Å². The number of carbonyl (C=O) groups excluding carboxylic acids is 2.